The molecule has 1 aromatic carbocycles. The van der Waals surface area contributed by atoms with Crippen LogP contribution in [0.25, 0.3) is 0 Å². The van der Waals surface area contributed by atoms with Crippen molar-refractivity contribution in [3.63, 3.8) is 0 Å². The summed E-state index contributed by atoms with van der Waals surface area (Å²) >= 11 is 0. The monoisotopic (exact) mass is 240 g/mol. The minimum absolute atomic E-state index is 0.177. The number of alkyl halides is 1. The zero-order chi connectivity index (χ0) is 13.1. The van der Waals surface area contributed by atoms with Crippen molar-refractivity contribution in [3.05, 3.63) is 29.3 Å². The largest absolute Gasteiger partial charge is 0.492 e. The average Bonchev–Trinajstić information content (AvgIpc) is 2.29. The molecule has 0 spiro atoms. The molecule has 0 aliphatic heterocycles. The maximum absolute atomic E-state index is 12.7. The van der Waals surface area contributed by atoms with Crippen molar-refractivity contribution in [2.24, 2.45) is 5.41 Å². The summed E-state index contributed by atoms with van der Waals surface area (Å²) in [6.45, 7) is 3.98. The van der Waals surface area contributed by atoms with E-state index in [1.807, 2.05) is 32.0 Å². The number of hydrogen-bond donors (Lipinski definition) is 1. The summed E-state index contributed by atoms with van der Waals surface area (Å²) < 4.78 is 18.1. The molecule has 1 aromatic rings. The number of hydrogen-bond acceptors (Lipinski definition) is 2. The van der Waals surface area contributed by atoms with Crippen LogP contribution < -0.4 is 4.74 Å². The average molecular weight is 240 g/mol. The van der Waals surface area contributed by atoms with Crippen LogP contribution in [0, 0.1) is 19.3 Å². The summed E-state index contributed by atoms with van der Waals surface area (Å²) in [7, 11) is 0. The molecule has 94 valence electrons. The molecule has 0 amide bonds. The zero-order valence-corrected chi connectivity index (χ0v) is 10.3. The number of ether oxygens (including phenoxy) is 1. The minimum Gasteiger partial charge on any atom is -0.492 e. The second-order valence-corrected chi connectivity index (χ2v) is 4.56. The van der Waals surface area contributed by atoms with Crippen molar-refractivity contribution in [3.8, 4) is 5.75 Å². The maximum atomic E-state index is 12.7. The van der Waals surface area contributed by atoms with Gasteiger partial charge in [-0.3, -0.25) is 4.79 Å². The fourth-order valence-electron chi connectivity index (χ4n) is 1.26. The van der Waals surface area contributed by atoms with Gasteiger partial charge in [0, 0.05) is 0 Å². The first-order valence-electron chi connectivity index (χ1n) is 5.38. The molecule has 4 heteroatoms. The Labute approximate surface area is 100 Å². The Bertz CT molecular complexity index is 417. The highest BCUT2D eigenvalue weighted by atomic mass is 19.1. The van der Waals surface area contributed by atoms with Crippen LogP contribution in [0.3, 0.4) is 0 Å². The van der Waals surface area contributed by atoms with Crippen molar-refractivity contribution < 1.29 is 19.0 Å². The molecule has 3 nitrogen and oxygen atoms in total. The van der Waals surface area contributed by atoms with Crippen LogP contribution in [-0.2, 0) is 4.79 Å². The van der Waals surface area contributed by atoms with E-state index in [4.69, 9.17) is 9.84 Å². The summed E-state index contributed by atoms with van der Waals surface area (Å²) in [5, 5.41) is 8.91. The maximum Gasteiger partial charge on any atom is 0.315 e. The van der Waals surface area contributed by atoms with Gasteiger partial charge in [0.25, 0.3) is 0 Å². The Morgan fingerprint density at radius 1 is 1.47 bits per heavy atom. The second-order valence-electron chi connectivity index (χ2n) is 4.56. The van der Waals surface area contributed by atoms with Gasteiger partial charge in [-0.1, -0.05) is 12.1 Å². The van der Waals surface area contributed by atoms with E-state index in [2.05, 4.69) is 0 Å². The van der Waals surface area contributed by atoms with E-state index in [0.29, 0.717) is 5.75 Å². The van der Waals surface area contributed by atoms with Crippen molar-refractivity contribution in [1.29, 1.82) is 0 Å². The number of aryl methyl sites for hydroxylation is 2. The molecule has 0 heterocycles. The van der Waals surface area contributed by atoms with E-state index in [-0.39, 0.29) is 6.61 Å². The fraction of sp³-hybridized carbons (Fsp3) is 0.462. The van der Waals surface area contributed by atoms with Gasteiger partial charge in [0.1, 0.15) is 24.4 Å². The zero-order valence-electron chi connectivity index (χ0n) is 10.3. The first-order chi connectivity index (χ1) is 7.89. The number of benzene rings is 1. The Balaban J connectivity index is 2.79. The number of rotatable bonds is 5. The molecule has 0 radical (unpaired) electrons. The normalized spacial score (nSPS) is 14.1. The molecule has 1 atom stereocenters. The number of carboxylic acid groups (broad SMARTS) is 1. The molecule has 17 heavy (non-hydrogen) atoms. The first kappa shape index (κ1) is 13.5. The van der Waals surface area contributed by atoms with Crippen molar-refractivity contribution >= 4 is 5.97 Å². The van der Waals surface area contributed by atoms with E-state index in [1.54, 1.807) is 0 Å². The molecule has 0 aliphatic carbocycles. The molecule has 0 aromatic heterocycles. The van der Waals surface area contributed by atoms with Gasteiger partial charge in [0.05, 0.1) is 0 Å². The third kappa shape index (κ3) is 3.19. The minimum atomic E-state index is -1.49. The second kappa shape index (κ2) is 5.17. The van der Waals surface area contributed by atoms with Gasteiger partial charge in [0.2, 0.25) is 0 Å². The molecular weight excluding hydrogens is 223 g/mol. The van der Waals surface area contributed by atoms with E-state index in [0.717, 1.165) is 11.1 Å². The molecule has 1 rings (SSSR count). The smallest absolute Gasteiger partial charge is 0.315 e. The Morgan fingerprint density at radius 2 is 2.12 bits per heavy atom. The molecule has 0 fully saturated rings. The third-order valence-corrected chi connectivity index (χ3v) is 2.70. The Hall–Kier alpha value is -1.58. The van der Waals surface area contributed by atoms with E-state index in [1.165, 1.54) is 6.92 Å². The van der Waals surface area contributed by atoms with Crippen LogP contribution in [0.4, 0.5) is 4.39 Å². The molecular formula is C13H17FO3. The predicted molar refractivity (Wildman–Crippen MR) is 63.1 cm³/mol. The van der Waals surface area contributed by atoms with Gasteiger partial charge in [0.15, 0.2) is 0 Å². The number of aliphatic carboxylic acids is 1. The highest BCUT2D eigenvalue weighted by Crippen LogP contribution is 2.24. The van der Waals surface area contributed by atoms with Crippen LogP contribution in [0.1, 0.15) is 18.1 Å². The van der Waals surface area contributed by atoms with Crippen molar-refractivity contribution in [2.75, 3.05) is 13.3 Å². The standard InChI is InChI=1S/C13H17FO3/c1-9-4-5-10(2)11(6-9)17-8-13(3,7-14)12(15)16/h4-6H,7-8H2,1-3H3,(H,15,16). The summed E-state index contributed by atoms with van der Waals surface area (Å²) in [5.74, 6) is -0.587. The van der Waals surface area contributed by atoms with E-state index >= 15 is 0 Å². The van der Waals surface area contributed by atoms with Crippen LogP contribution in [0.15, 0.2) is 18.2 Å². The highest BCUT2D eigenvalue weighted by Gasteiger charge is 2.34. The van der Waals surface area contributed by atoms with Gasteiger partial charge in [-0.2, -0.15) is 0 Å². The summed E-state index contributed by atoms with van der Waals surface area (Å²) in [5.41, 5.74) is 0.431. The van der Waals surface area contributed by atoms with Crippen LogP contribution >= 0.6 is 0 Å². The molecule has 0 aliphatic rings. The van der Waals surface area contributed by atoms with Crippen molar-refractivity contribution in [1.82, 2.24) is 0 Å². The Morgan fingerprint density at radius 3 is 2.65 bits per heavy atom. The third-order valence-electron chi connectivity index (χ3n) is 2.70. The number of carbonyl (C=O) groups is 1. The topological polar surface area (TPSA) is 46.5 Å². The lowest BCUT2D eigenvalue weighted by molar-refractivity contribution is -0.150. The van der Waals surface area contributed by atoms with Gasteiger partial charge in [-0.25, -0.2) is 4.39 Å². The van der Waals surface area contributed by atoms with E-state index in [9.17, 15) is 9.18 Å². The lowest BCUT2D eigenvalue weighted by atomic mass is 9.94. The molecule has 1 unspecified atom stereocenters. The summed E-state index contributed by atoms with van der Waals surface area (Å²) in [6, 6.07) is 5.64. The van der Waals surface area contributed by atoms with Gasteiger partial charge in [-0.05, 0) is 38.0 Å². The van der Waals surface area contributed by atoms with Gasteiger partial charge in [-0.15, -0.1) is 0 Å². The quantitative estimate of drug-likeness (QED) is 0.860. The molecule has 0 bridgehead atoms. The first-order valence-corrected chi connectivity index (χ1v) is 5.38. The number of carboxylic acids is 1. The summed E-state index contributed by atoms with van der Waals surface area (Å²) in [6.07, 6.45) is 0. The molecule has 0 saturated heterocycles. The van der Waals surface area contributed by atoms with Crippen molar-refractivity contribution in [2.45, 2.75) is 20.8 Å². The SMILES string of the molecule is Cc1ccc(C)c(OCC(C)(CF)C(=O)O)c1. The summed E-state index contributed by atoms with van der Waals surface area (Å²) in [4.78, 5) is 10.9. The fourth-order valence-corrected chi connectivity index (χ4v) is 1.26. The number of halogens is 1. The van der Waals surface area contributed by atoms with Crippen LogP contribution in [-0.4, -0.2) is 24.4 Å². The molecule has 0 saturated carbocycles. The molecule has 1 N–H and O–H groups in total. The Kier molecular flexibility index (Phi) is 4.10. The van der Waals surface area contributed by atoms with Gasteiger partial charge < -0.3 is 9.84 Å². The predicted octanol–water partition coefficient (Wildman–Crippen LogP) is 2.74. The highest BCUT2D eigenvalue weighted by molar-refractivity contribution is 5.74. The lowest BCUT2D eigenvalue weighted by Crippen LogP contribution is -2.36. The van der Waals surface area contributed by atoms with Crippen LogP contribution in [0.5, 0.6) is 5.75 Å². The van der Waals surface area contributed by atoms with Crippen LogP contribution in [0.2, 0.25) is 0 Å². The van der Waals surface area contributed by atoms with Gasteiger partial charge >= 0.3 is 5.97 Å². The van der Waals surface area contributed by atoms with E-state index < -0.39 is 18.1 Å². The lowest BCUT2D eigenvalue weighted by Gasteiger charge is -2.22.